The molecule has 28 heavy (non-hydrogen) atoms. The molecule has 9 heteroatoms. The summed E-state index contributed by atoms with van der Waals surface area (Å²) in [6.07, 6.45) is 3.91. The van der Waals surface area contributed by atoms with Crippen LogP contribution in [-0.2, 0) is 11.2 Å². The molecule has 1 aliphatic carbocycles. The van der Waals surface area contributed by atoms with Gasteiger partial charge < -0.3 is 31.2 Å². The molecule has 1 fully saturated rings. The molecule has 3 rings (SSSR count). The fourth-order valence-corrected chi connectivity index (χ4v) is 4.20. The standard InChI is InChI=1S/C19H28BN3O5/c21-6-7-22-11-13-5-4-12(8-13)9-17(24)23-16-10-14-2-1-3-15(19(25)26)18(14)28-20(16)27/h1-3,12-13,16,22,27H,4-11,21H2,(H,23,24)(H,25,26)/t12?,13?,16-/m0/s1. The van der Waals surface area contributed by atoms with Gasteiger partial charge in [0.25, 0.3) is 0 Å². The summed E-state index contributed by atoms with van der Waals surface area (Å²) in [7, 11) is -1.27. The second-order valence-electron chi connectivity index (χ2n) is 7.73. The van der Waals surface area contributed by atoms with Crippen molar-refractivity contribution < 1.29 is 24.4 Å². The molecule has 1 heterocycles. The van der Waals surface area contributed by atoms with Crippen molar-refractivity contribution in [3.8, 4) is 5.75 Å². The van der Waals surface area contributed by atoms with Gasteiger partial charge in [-0.15, -0.1) is 0 Å². The molecule has 1 amide bonds. The van der Waals surface area contributed by atoms with Gasteiger partial charge in [0.05, 0.1) is 11.5 Å². The van der Waals surface area contributed by atoms with Crippen LogP contribution in [0.25, 0.3) is 0 Å². The van der Waals surface area contributed by atoms with Crippen LogP contribution in [0.15, 0.2) is 18.2 Å². The molecule has 1 saturated carbocycles. The molecule has 2 unspecified atom stereocenters. The van der Waals surface area contributed by atoms with Crippen LogP contribution < -0.4 is 21.0 Å². The van der Waals surface area contributed by atoms with Gasteiger partial charge in [-0.3, -0.25) is 4.79 Å². The number of carbonyl (C=O) groups excluding carboxylic acids is 1. The van der Waals surface area contributed by atoms with Crippen LogP contribution in [0.1, 0.15) is 41.6 Å². The third-order valence-corrected chi connectivity index (χ3v) is 5.57. The fraction of sp³-hybridized carbons (Fsp3) is 0.579. The lowest BCUT2D eigenvalue weighted by molar-refractivity contribution is -0.122. The number of fused-ring (bicyclic) bond motifs is 1. The molecule has 0 aromatic heterocycles. The van der Waals surface area contributed by atoms with E-state index < -0.39 is 19.0 Å². The van der Waals surface area contributed by atoms with Crippen LogP contribution in [-0.4, -0.2) is 54.7 Å². The molecular formula is C19H28BN3O5. The Kier molecular flexibility index (Phi) is 6.93. The van der Waals surface area contributed by atoms with Gasteiger partial charge in [-0.2, -0.15) is 0 Å². The van der Waals surface area contributed by atoms with Gasteiger partial charge in [-0.1, -0.05) is 12.1 Å². The normalized spacial score (nSPS) is 23.8. The van der Waals surface area contributed by atoms with Crippen molar-refractivity contribution in [2.24, 2.45) is 17.6 Å². The number of nitrogens with one attached hydrogen (secondary N) is 2. The quantitative estimate of drug-likeness (QED) is 0.316. The molecule has 1 aromatic carbocycles. The van der Waals surface area contributed by atoms with E-state index in [1.165, 1.54) is 6.07 Å². The number of carboxylic acids is 1. The molecule has 0 bridgehead atoms. The van der Waals surface area contributed by atoms with Crippen LogP contribution in [0.5, 0.6) is 5.75 Å². The maximum atomic E-state index is 12.5. The molecule has 0 saturated heterocycles. The van der Waals surface area contributed by atoms with Crippen molar-refractivity contribution in [3.63, 3.8) is 0 Å². The number of hydrogen-bond donors (Lipinski definition) is 5. The minimum absolute atomic E-state index is 0.0153. The van der Waals surface area contributed by atoms with Gasteiger partial charge in [-0.25, -0.2) is 4.79 Å². The third-order valence-electron chi connectivity index (χ3n) is 5.57. The predicted octanol–water partition coefficient (Wildman–Crippen LogP) is 0.179. The Balaban J connectivity index is 1.51. The van der Waals surface area contributed by atoms with Crippen molar-refractivity contribution in [3.05, 3.63) is 29.3 Å². The minimum Gasteiger partial charge on any atom is -0.534 e. The molecule has 3 atom stereocenters. The Bertz CT molecular complexity index is 717. The van der Waals surface area contributed by atoms with E-state index in [2.05, 4.69) is 10.6 Å². The highest BCUT2D eigenvalue weighted by Gasteiger charge is 2.38. The zero-order valence-electron chi connectivity index (χ0n) is 15.9. The second kappa shape index (κ2) is 9.40. The van der Waals surface area contributed by atoms with Gasteiger partial charge in [0.1, 0.15) is 5.75 Å². The Morgan fingerprint density at radius 1 is 1.29 bits per heavy atom. The van der Waals surface area contributed by atoms with Crippen molar-refractivity contribution >= 4 is 19.0 Å². The highest BCUT2D eigenvalue weighted by Crippen LogP contribution is 2.33. The maximum absolute atomic E-state index is 12.5. The molecule has 0 spiro atoms. The van der Waals surface area contributed by atoms with E-state index in [9.17, 15) is 19.7 Å². The maximum Gasteiger partial charge on any atom is 0.547 e. The average molecular weight is 389 g/mol. The summed E-state index contributed by atoms with van der Waals surface area (Å²) < 4.78 is 5.42. The van der Waals surface area contributed by atoms with Gasteiger partial charge in [-0.05, 0) is 55.7 Å². The molecule has 0 radical (unpaired) electrons. The molecule has 152 valence electrons. The van der Waals surface area contributed by atoms with E-state index in [1.54, 1.807) is 12.1 Å². The monoisotopic (exact) mass is 389 g/mol. The summed E-state index contributed by atoms with van der Waals surface area (Å²) in [5.74, 6) is -0.704. The molecule has 8 nitrogen and oxygen atoms in total. The Morgan fingerprint density at radius 2 is 2.07 bits per heavy atom. The smallest absolute Gasteiger partial charge is 0.534 e. The van der Waals surface area contributed by atoms with Crippen LogP contribution in [0, 0.1) is 11.8 Å². The molecule has 2 aliphatic rings. The van der Waals surface area contributed by atoms with E-state index in [-0.39, 0.29) is 17.2 Å². The fourth-order valence-electron chi connectivity index (χ4n) is 4.20. The van der Waals surface area contributed by atoms with Crippen molar-refractivity contribution in [1.82, 2.24) is 10.6 Å². The van der Waals surface area contributed by atoms with Crippen molar-refractivity contribution in [1.29, 1.82) is 0 Å². The zero-order valence-corrected chi connectivity index (χ0v) is 15.9. The van der Waals surface area contributed by atoms with E-state index in [0.717, 1.165) is 32.4 Å². The number of nitrogens with two attached hydrogens (primary N) is 1. The highest BCUT2D eigenvalue weighted by molar-refractivity contribution is 6.47. The van der Waals surface area contributed by atoms with E-state index in [0.29, 0.717) is 36.8 Å². The summed E-state index contributed by atoms with van der Waals surface area (Å²) >= 11 is 0. The van der Waals surface area contributed by atoms with Gasteiger partial charge in [0.2, 0.25) is 5.91 Å². The highest BCUT2D eigenvalue weighted by atomic mass is 16.5. The molecule has 1 aromatic rings. The number of para-hydroxylation sites is 1. The average Bonchev–Trinajstić information content (AvgIpc) is 3.09. The first kappa shape index (κ1) is 20.6. The van der Waals surface area contributed by atoms with E-state index in [1.807, 2.05) is 0 Å². The Labute approximate surface area is 165 Å². The van der Waals surface area contributed by atoms with Crippen LogP contribution in [0.4, 0.5) is 0 Å². The second-order valence-corrected chi connectivity index (χ2v) is 7.73. The number of carbonyl (C=O) groups is 2. The number of carboxylic acid groups (broad SMARTS) is 1. The molecule has 6 N–H and O–H groups in total. The van der Waals surface area contributed by atoms with E-state index >= 15 is 0 Å². The third kappa shape index (κ3) is 5.04. The van der Waals surface area contributed by atoms with Crippen LogP contribution in [0.2, 0.25) is 0 Å². The number of rotatable bonds is 8. The number of hydrogen-bond acceptors (Lipinski definition) is 6. The van der Waals surface area contributed by atoms with Gasteiger partial charge in [0, 0.05) is 19.5 Å². The number of amides is 1. The molecular weight excluding hydrogens is 361 g/mol. The molecule has 1 aliphatic heterocycles. The Hall–Kier alpha value is -2.10. The topological polar surface area (TPSA) is 134 Å². The lowest BCUT2D eigenvalue weighted by atomic mass is 9.72. The first-order valence-corrected chi connectivity index (χ1v) is 9.88. The van der Waals surface area contributed by atoms with Gasteiger partial charge >= 0.3 is 13.1 Å². The summed E-state index contributed by atoms with van der Waals surface area (Å²) in [6.45, 7) is 2.38. The summed E-state index contributed by atoms with van der Waals surface area (Å²) in [5, 5.41) is 25.7. The summed E-state index contributed by atoms with van der Waals surface area (Å²) in [4.78, 5) is 23.8. The zero-order chi connectivity index (χ0) is 20.1. The first-order valence-electron chi connectivity index (χ1n) is 9.88. The first-order chi connectivity index (χ1) is 13.5. The van der Waals surface area contributed by atoms with Crippen molar-refractivity contribution in [2.45, 2.75) is 38.0 Å². The predicted molar refractivity (Wildman–Crippen MR) is 105 cm³/mol. The van der Waals surface area contributed by atoms with E-state index in [4.69, 9.17) is 10.4 Å². The number of aromatic carboxylic acids is 1. The summed E-state index contributed by atoms with van der Waals surface area (Å²) in [5.41, 5.74) is 6.17. The largest absolute Gasteiger partial charge is 0.547 e. The Morgan fingerprint density at radius 3 is 2.82 bits per heavy atom. The van der Waals surface area contributed by atoms with Crippen molar-refractivity contribution in [2.75, 3.05) is 19.6 Å². The van der Waals surface area contributed by atoms with Crippen LogP contribution >= 0.6 is 0 Å². The number of benzene rings is 1. The lowest BCUT2D eigenvalue weighted by Crippen LogP contribution is -2.53. The lowest BCUT2D eigenvalue weighted by Gasteiger charge is -2.29. The van der Waals surface area contributed by atoms with Gasteiger partial charge in [0.15, 0.2) is 0 Å². The SMILES string of the molecule is NCCNCC1CCC(CC(=O)N[C@H]2Cc3cccc(C(=O)O)c3OB2O)C1. The van der Waals surface area contributed by atoms with Crippen LogP contribution in [0.3, 0.4) is 0 Å². The summed E-state index contributed by atoms with van der Waals surface area (Å²) in [6, 6.07) is 4.83. The minimum atomic E-state index is -1.27.